The highest BCUT2D eigenvalue weighted by atomic mass is 16.3. The van der Waals surface area contributed by atoms with E-state index in [0.29, 0.717) is 29.3 Å². The molecule has 0 saturated carbocycles. The molecule has 0 spiro atoms. The van der Waals surface area contributed by atoms with E-state index >= 15 is 0 Å². The number of aliphatic hydroxyl groups excluding tert-OH is 1. The lowest BCUT2D eigenvalue weighted by atomic mass is 10.2. The fourth-order valence-electron chi connectivity index (χ4n) is 2.11. The van der Waals surface area contributed by atoms with E-state index in [1.165, 1.54) is 54.6 Å². The number of nitrogens with zero attached hydrogens (tertiary/aromatic N) is 3. The van der Waals surface area contributed by atoms with E-state index in [2.05, 4.69) is 15.5 Å². The Bertz CT molecular complexity index is 1090. The molecule has 0 saturated heterocycles. The van der Waals surface area contributed by atoms with Crippen LogP contribution in [0.5, 0.6) is 17.2 Å². The third-order valence-electron chi connectivity index (χ3n) is 3.79. The van der Waals surface area contributed by atoms with Crippen LogP contribution in [0, 0.1) is 14.7 Å². The lowest BCUT2D eigenvalue weighted by molar-refractivity contribution is 0.111. The third kappa shape index (κ3) is 8.07. The first-order valence-electron chi connectivity index (χ1n) is 8.82. The first kappa shape index (κ1) is 26.2. The molecule has 0 aromatic heterocycles. The van der Waals surface area contributed by atoms with Gasteiger partial charge in [-0.05, 0) is 69.6 Å². The average Bonchev–Trinajstić information content (AvgIpc) is 2.85. The Kier molecular flexibility index (Phi) is 10.7. The van der Waals surface area contributed by atoms with Crippen molar-refractivity contribution in [3.63, 3.8) is 0 Å². The SMILES string of the molecule is O=Cc1ccc(O)c(N=O)c1.O=Cc1ccc(O)c(N=O)c1.O=Nc1cc(CO)ccc1O. The maximum absolute atomic E-state index is 10.2. The molecule has 170 valence electrons. The van der Waals surface area contributed by atoms with E-state index in [4.69, 9.17) is 20.4 Å². The summed E-state index contributed by atoms with van der Waals surface area (Å²) in [4.78, 5) is 50.3. The van der Waals surface area contributed by atoms with Crippen LogP contribution in [-0.4, -0.2) is 33.0 Å². The normalized spacial score (nSPS) is 9.24. The number of hydrogen-bond acceptors (Lipinski definition) is 12. The highest BCUT2D eigenvalue weighted by Crippen LogP contribution is 2.27. The number of carbonyl (C=O) groups is 2. The van der Waals surface area contributed by atoms with Gasteiger partial charge in [0.05, 0.1) is 6.61 Å². The van der Waals surface area contributed by atoms with E-state index in [-0.39, 0.29) is 40.9 Å². The summed E-state index contributed by atoms with van der Waals surface area (Å²) in [6.07, 6.45) is 1.15. The summed E-state index contributed by atoms with van der Waals surface area (Å²) in [6, 6.07) is 11.9. The van der Waals surface area contributed by atoms with Crippen molar-refractivity contribution < 1.29 is 30.0 Å². The highest BCUT2D eigenvalue weighted by molar-refractivity contribution is 5.78. The molecule has 0 bridgehead atoms. The highest BCUT2D eigenvalue weighted by Gasteiger charge is 2.02. The lowest BCUT2D eigenvalue weighted by Gasteiger charge is -1.97. The molecule has 0 aliphatic carbocycles. The van der Waals surface area contributed by atoms with Crippen molar-refractivity contribution in [2.24, 2.45) is 15.5 Å². The minimum absolute atomic E-state index is 0.0449. The zero-order valence-corrected chi connectivity index (χ0v) is 16.7. The van der Waals surface area contributed by atoms with Crippen molar-refractivity contribution in [3.8, 4) is 17.2 Å². The summed E-state index contributed by atoms with van der Waals surface area (Å²) >= 11 is 0. The quantitative estimate of drug-likeness (QED) is 0.305. The molecule has 12 heteroatoms. The molecule has 3 rings (SSSR count). The van der Waals surface area contributed by atoms with E-state index in [9.17, 15) is 24.3 Å². The van der Waals surface area contributed by atoms with Crippen LogP contribution in [0.25, 0.3) is 0 Å². The van der Waals surface area contributed by atoms with Crippen LogP contribution in [-0.2, 0) is 6.61 Å². The van der Waals surface area contributed by atoms with Gasteiger partial charge in [-0.2, -0.15) is 0 Å². The lowest BCUT2D eigenvalue weighted by Crippen LogP contribution is -1.80. The number of carbonyl (C=O) groups excluding carboxylic acids is 2. The second-order valence-corrected chi connectivity index (χ2v) is 5.99. The minimum Gasteiger partial charge on any atom is -0.506 e. The zero-order valence-electron chi connectivity index (χ0n) is 16.7. The Morgan fingerprint density at radius 1 is 0.606 bits per heavy atom. The van der Waals surface area contributed by atoms with Gasteiger partial charge in [-0.15, -0.1) is 14.7 Å². The molecule has 12 nitrogen and oxygen atoms in total. The largest absolute Gasteiger partial charge is 0.506 e. The molecule has 4 N–H and O–H groups in total. The second-order valence-electron chi connectivity index (χ2n) is 5.99. The summed E-state index contributed by atoms with van der Waals surface area (Å²) in [5.41, 5.74) is 0.910. The van der Waals surface area contributed by atoms with E-state index in [0.717, 1.165) is 0 Å². The van der Waals surface area contributed by atoms with Crippen LogP contribution >= 0.6 is 0 Å². The van der Waals surface area contributed by atoms with Crippen molar-refractivity contribution in [2.45, 2.75) is 6.61 Å². The predicted octanol–water partition coefficient (Wildman–Crippen LogP) is 4.49. The summed E-state index contributed by atoms with van der Waals surface area (Å²) in [6.45, 7) is -0.164. The van der Waals surface area contributed by atoms with Gasteiger partial charge in [-0.3, -0.25) is 9.59 Å². The van der Waals surface area contributed by atoms with Crippen LogP contribution in [0.15, 0.2) is 70.1 Å². The van der Waals surface area contributed by atoms with Crippen molar-refractivity contribution >= 4 is 29.6 Å². The Hall–Kier alpha value is -4.84. The number of aromatic hydroxyl groups is 3. The number of hydrogen-bond donors (Lipinski definition) is 4. The van der Waals surface area contributed by atoms with Crippen molar-refractivity contribution in [1.29, 1.82) is 0 Å². The van der Waals surface area contributed by atoms with Crippen LogP contribution < -0.4 is 0 Å². The fraction of sp³-hybridized carbons (Fsp3) is 0.0476. The van der Waals surface area contributed by atoms with Gasteiger partial charge in [0, 0.05) is 11.1 Å². The molecule has 0 aliphatic rings. The molecule has 3 aromatic rings. The molecule has 0 aliphatic heterocycles. The van der Waals surface area contributed by atoms with E-state index in [1.54, 1.807) is 0 Å². The van der Waals surface area contributed by atoms with Gasteiger partial charge in [0.1, 0.15) is 46.9 Å². The average molecular weight is 455 g/mol. The van der Waals surface area contributed by atoms with Crippen molar-refractivity contribution in [3.05, 3.63) is 86.0 Å². The van der Waals surface area contributed by atoms with Crippen molar-refractivity contribution in [2.75, 3.05) is 0 Å². The monoisotopic (exact) mass is 455 g/mol. The van der Waals surface area contributed by atoms with E-state index in [1.807, 2.05) is 0 Å². The molecule has 0 atom stereocenters. The maximum atomic E-state index is 10.2. The maximum Gasteiger partial charge on any atom is 0.150 e. The predicted molar refractivity (Wildman–Crippen MR) is 117 cm³/mol. The van der Waals surface area contributed by atoms with Crippen LogP contribution in [0.3, 0.4) is 0 Å². The number of aldehydes is 2. The standard InChI is InChI=1S/C7H7NO3.2C7H5NO3/c3*9-4-5-1-2-7(10)6(3-5)8-11/h1-3,9-10H,4H2;2*1-4,10H. The molecule has 0 radical (unpaired) electrons. The summed E-state index contributed by atoms with van der Waals surface area (Å²) in [5.74, 6) is -0.603. The van der Waals surface area contributed by atoms with Gasteiger partial charge in [0.15, 0.2) is 0 Å². The second kappa shape index (κ2) is 13.5. The summed E-state index contributed by atoms with van der Waals surface area (Å²) in [5, 5.41) is 43.0. The molecular formula is C21H17N3O9. The van der Waals surface area contributed by atoms with Gasteiger partial charge >= 0.3 is 0 Å². The molecule has 0 fully saturated rings. The van der Waals surface area contributed by atoms with Crippen molar-refractivity contribution in [1.82, 2.24) is 0 Å². The van der Waals surface area contributed by atoms with Gasteiger partial charge in [-0.1, -0.05) is 6.07 Å². The number of phenols is 3. The first-order chi connectivity index (χ1) is 15.8. The van der Waals surface area contributed by atoms with Gasteiger partial charge in [-0.25, -0.2) is 0 Å². The molecule has 3 aromatic carbocycles. The Morgan fingerprint density at radius 2 is 0.970 bits per heavy atom. The number of nitroso groups, excluding NO2 is 3. The van der Waals surface area contributed by atoms with E-state index < -0.39 is 0 Å². The smallest absolute Gasteiger partial charge is 0.150 e. The number of rotatable bonds is 6. The molecule has 0 amide bonds. The topological polar surface area (TPSA) is 203 Å². The molecule has 33 heavy (non-hydrogen) atoms. The molecular weight excluding hydrogens is 438 g/mol. The number of benzene rings is 3. The Balaban J connectivity index is 0.000000247. The first-order valence-corrected chi connectivity index (χ1v) is 8.82. The van der Waals surface area contributed by atoms with Crippen LogP contribution in [0.2, 0.25) is 0 Å². The zero-order chi connectivity index (χ0) is 24.8. The fourth-order valence-corrected chi connectivity index (χ4v) is 2.11. The number of aliphatic hydroxyl groups is 1. The summed E-state index contributed by atoms with van der Waals surface area (Å²) in [7, 11) is 0. The summed E-state index contributed by atoms with van der Waals surface area (Å²) < 4.78 is 0. The van der Waals surface area contributed by atoms with Gasteiger partial charge in [0.2, 0.25) is 0 Å². The minimum atomic E-state index is -0.217. The van der Waals surface area contributed by atoms with Crippen LogP contribution in [0.4, 0.5) is 17.1 Å². The third-order valence-corrected chi connectivity index (χ3v) is 3.79. The number of phenolic OH excluding ortho intramolecular Hbond substituents is 3. The molecule has 0 unspecified atom stereocenters. The van der Waals surface area contributed by atoms with Gasteiger partial charge in [0.25, 0.3) is 0 Å². The van der Waals surface area contributed by atoms with Gasteiger partial charge < -0.3 is 20.4 Å². The Morgan fingerprint density at radius 3 is 1.30 bits per heavy atom. The van der Waals surface area contributed by atoms with Crippen LogP contribution in [0.1, 0.15) is 26.3 Å². The molecule has 0 heterocycles. The Labute approximate surface area is 185 Å².